The highest BCUT2D eigenvalue weighted by atomic mass is 35.5. The zero-order valence-corrected chi connectivity index (χ0v) is 11.9. The van der Waals surface area contributed by atoms with Crippen molar-refractivity contribution in [2.45, 2.75) is 44.2 Å². The first kappa shape index (κ1) is 14.1. The third-order valence-corrected chi connectivity index (χ3v) is 4.18. The molecule has 2 unspecified atom stereocenters. The molecule has 0 amide bonds. The lowest BCUT2D eigenvalue weighted by Gasteiger charge is -2.14. The van der Waals surface area contributed by atoms with Crippen LogP contribution in [0.3, 0.4) is 0 Å². The highest BCUT2D eigenvalue weighted by molar-refractivity contribution is 6.42. The molecule has 1 aromatic carbocycles. The molecule has 2 rings (SSSR count). The van der Waals surface area contributed by atoms with Crippen LogP contribution in [0.25, 0.3) is 0 Å². The van der Waals surface area contributed by atoms with Gasteiger partial charge in [-0.25, -0.2) is 0 Å². The molecule has 1 aliphatic heterocycles. The van der Waals surface area contributed by atoms with Crippen molar-refractivity contribution in [2.75, 3.05) is 6.61 Å². The summed E-state index contributed by atoms with van der Waals surface area (Å²) in [5.74, 6) is 0. The van der Waals surface area contributed by atoms with Gasteiger partial charge in [0.2, 0.25) is 0 Å². The number of nitrogens with two attached hydrogens (primary N) is 1. The van der Waals surface area contributed by atoms with E-state index in [-0.39, 0.29) is 6.04 Å². The van der Waals surface area contributed by atoms with E-state index in [1.54, 1.807) is 6.07 Å². The van der Waals surface area contributed by atoms with Gasteiger partial charge in [0.25, 0.3) is 0 Å². The van der Waals surface area contributed by atoms with Crippen molar-refractivity contribution < 1.29 is 4.74 Å². The molecule has 1 aromatic rings. The van der Waals surface area contributed by atoms with Crippen molar-refractivity contribution in [1.29, 1.82) is 0 Å². The second-order valence-corrected chi connectivity index (χ2v) is 5.66. The van der Waals surface area contributed by atoms with Gasteiger partial charge in [-0.1, -0.05) is 29.3 Å². The van der Waals surface area contributed by atoms with Crippen molar-refractivity contribution in [3.8, 4) is 0 Å². The zero-order chi connectivity index (χ0) is 13.0. The Balaban J connectivity index is 1.79. The maximum Gasteiger partial charge on any atom is 0.0595 e. The van der Waals surface area contributed by atoms with Crippen molar-refractivity contribution in [3.05, 3.63) is 33.8 Å². The summed E-state index contributed by atoms with van der Waals surface area (Å²) >= 11 is 11.9. The van der Waals surface area contributed by atoms with Gasteiger partial charge in [-0.3, -0.25) is 0 Å². The molecule has 4 heteroatoms. The van der Waals surface area contributed by atoms with Gasteiger partial charge in [-0.05, 0) is 49.8 Å². The highest BCUT2D eigenvalue weighted by Crippen LogP contribution is 2.27. The third kappa shape index (κ3) is 3.86. The summed E-state index contributed by atoms with van der Waals surface area (Å²) in [6.45, 7) is 0.920. The molecule has 0 radical (unpaired) electrons. The Labute approximate surface area is 118 Å². The molecule has 100 valence electrons. The Morgan fingerprint density at radius 2 is 2.17 bits per heavy atom. The van der Waals surface area contributed by atoms with Crippen LogP contribution in [-0.4, -0.2) is 12.7 Å². The van der Waals surface area contributed by atoms with Gasteiger partial charge in [-0.15, -0.1) is 0 Å². The first-order chi connectivity index (χ1) is 8.66. The minimum absolute atomic E-state index is 0.0289. The van der Waals surface area contributed by atoms with Gasteiger partial charge in [0, 0.05) is 12.6 Å². The van der Waals surface area contributed by atoms with Gasteiger partial charge >= 0.3 is 0 Å². The molecule has 0 aromatic heterocycles. The molecule has 1 heterocycles. The zero-order valence-electron chi connectivity index (χ0n) is 10.4. The van der Waals surface area contributed by atoms with E-state index < -0.39 is 0 Å². The van der Waals surface area contributed by atoms with Crippen LogP contribution in [0.5, 0.6) is 0 Å². The molecule has 0 saturated carbocycles. The number of hydrogen-bond donors (Lipinski definition) is 1. The molecule has 0 bridgehead atoms. The monoisotopic (exact) mass is 287 g/mol. The minimum Gasteiger partial charge on any atom is -0.378 e. The summed E-state index contributed by atoms with van der Waals surface area (Å²) in [6.07, 6.45) is 6.00. The Kier molecular flexibility index (Phi) is 5.31. The van der Waals surface area contributed by atoms with E-state index in [1.807, 2.05) is 12.1 Å². The van der Waals surface area contributed by atoms with Crippen LogP contribution in [0.15, 0.2) is 18.2 Å². The largest absolute Gasteiger partial charge is 0.378 e. The van der Waals surface area contributed by atoms with Crippen LogP contribution in [0, 0.1) is 0 Å². The topological polar surface area (TPSA) is 35.2 Å². The average molecular weight is 288 g/mol. The van der Waals surface area contributed by atoms with E-state index in [1.165, 1.54) is 12.8 Å². The molecule has 2 atom stereocenters. The molecule has 0 aliphatic carbocycles. The number of benzene rings is 1. The molecular weight excluding hydrogens is 269 g/mol. The van der Waals surface area contributed by atoms with Crippen LogP contribution in [0.1, 0.15) is 43.7 Å². The molecule has 18 heavy (non-hydrogen) atoms. The molecule has 1 saturated heterocycles. The van der Waals surface area contributed by atoms with Crippen LogP contribution in [0.2, 0.25) is 10.0 Å². The molecule has 1 aliphatic rings. The first-order valence-corrected chi connectivity index (χ1v) is 7.24. The molecule has 2 nitrogen and oxygen atoms in total. The summed E-state index contributed by atoms with van der Waals surface area (Å²) in [6, 6.07) is 5.64. The van der Waals surface area contributed by atoms with Gasteiger partial charge < -0.3 is 10.5 Å². The number of ether oxygens (including phenoxy) is 1. The quantitative estimate of drug-likeness (QED) is 0.874. The maximum atomic E-state index is 6.16. The van der Waals surface area contributed by atoms with Crippen LogP contribution in [0.4, 0.5) is 0 Å². The summed E-state index contributed by atoms with van der Waals surface area (Å²) in [4.78, 5) is 0. The van der Waals surface area contributed by atoms with E-state index in [9.17, 15) is 0 Å². The van der Waals surface area contributed by atoms with E-state index in [0.29, 0.717) is 16.1 Å². The van der Waals surface area contributed by atoms with Crippen molar-refractivity contribution in [1.82, 2.24) is 0 Å². The second kappa shape index (κ2) is 6.76. The number of halogens is 2. The molecule has 1 fully saturated rings. The average Bonchev–Trinajstić information content (AvgIpc) is 2.85. The first-order valence-electron chi connectivity index (χ1n) is 6.49. The summed E-state index contributed by atoms with van der Waals surface area (Å²) in [5, 5.41) is 1.15. The fourth-order valence-corrected chi connectivity index (χ4v) is 2.65. The van der Waals surface area contributed by atoms with Gasteiger partial charge in [-0.2, -0.15) is 0 Å². The standard InChI is InChI=1S/C14H19Cl2NO/c15-12-7-6-10(9-13(12)16)14(17)5-1-3-11-4-2-8-18-11/h6-7,9,11,14H,1-5,8,17H2. The Morgan fingerprint density at radius 1 is 1.33 bits per heavy atom. The van der Waals surface area contributed by atoms with Crippen molar-refractivity contribution in [3.63, 3.8) is 0 Å². The van der Waals surface area contributed by atoms with Crippen molar-refractivity contribution in [2.24, 2.45) is 5.73 Å². The van der Waals surface area contributed by atoms with Crippen LogP contribution < -0.4 is 5.73 Å². The second-order valence-electron chi connectivity index (χ2n) is 4.85. The third-order valence-electron chi connectivity index (χ3n) is 3.44. The van der Waals surface area contributed by atoms with Crippen LogP contribution in [-0.2, 0) is 4.74 Å². The Hall–Kier alpha value is -0.280. The SMILES string of the molecule is NC(CCCC1CCCO1)c1ccc(Cl)c(Cl)c1. The summed E-state index contributed by atoms with van der Waals surface area (Å²) < 4.78 is 5.60. The molecule has 0 spiro atoms. The predicted octanol–water partition coefficient (Wildman–Crippen LogP) is 4.34. The van der Waals surface area contributed by atoms with Crippen LogP contribution >= 0.6 is 23.2 Å². The van der Waals surface area contributed by atoms with Gasteiger partial charge in [0.05, 0.1) is 16.1 Å². The normalized spacial score (nSPS) is 21.2. The number of rotatable bonds is 5. The van der Waals surface area contributed by atoms with Gasteiger partial charge in [0.15, 0.2) is 0 Å². The molecular formula is C14H19Cl2NO. The summed E-state index contributed by atoms with van der Waals surface area (Å²) in [7, 11) is 0. The lowest BCUT2D eigenvalue weighted by Crippen LogP contribution is -2.12. The number of hydrogen-bond acceptors (Lipinski definition) is 2. The minimum atomic E-state index is 0.0289. The van der Waals surface area contributed by atoms with E-state index in [2.05, 4.69) is 0 Å². The fraction of sp³-hybridized carbons (Fsp3) is 0.571. The predicted molar refractivity (Wildman–Crippen MR) is 76.2 cm³/mol. The molecule has 2 N–H and O–H groups in total. The van der Waals surface area contributed by atoms with Gasteiger partial charge in [0.1, 0.15) is 0 Å². The van der Waals surface area contributed by atoms with E-state index >= 15 is 0 Å². The van der Waals surface area contributed by atoms with E-state index in [0.717, 1.165) is 31.4 Å². The van der Waals surface area contributed by atoms with Crippen molar-refractivity contribution >= 4 is 23.2 Å². The highest BCUT2D eigenvalue weighted by Gasteiger charge is 2.16. The smallest absolute Gasteiger partial charge is 0.0595 e. The Morgan fingerprint density at radius 3 is 2.83 bits per heavy atom. The van der Waals surface area contributed by atoms with E-state index in [4.69, 9.17) is 33.7 Å². The Bertz CT molecular complexity index is 391. The fourth-order valence-electron chi connectivity index (χ4n) is 2.35. The lowest BCUT2D eigenvalue weighted by atomic mass is 10.00. The maximum absolute atomic E-state index is 6.16. The lowest BCUT2D eigenvalue weighted by molar-refractivity contribution is 0.101. The summed E-state index contributed by atoms with van der Waals surface area (Å²) in [5.41, 5.74) is 7.21.